The monoisotopic (exact) mass is 270 g/mol. The minimum Gasteiger partial charge on any atom is -0.267 e. The lowest BCUT2D eigenvalue weighted by atomic mass is 10.1. The molecule has 3 heteroatoms. The van der Waals surface area contributed by atoms with Gasteiger partial charge in [-0.2, -0.15) is 5.10 Å². The quantitative estimate of drug-likeness (QED) is 0.677. The van der Waals surface area contributed by atoms with E-state index in [1.807, 2.05) is 29.9 Å². The second-order valence-corrected chi connectivity index (χ2v) is 5.38. The highest BCUT2D eigenvalue weighted by atomic mass is 35.5. The van der Waals surface area contributed by atoms with E-state index < -0.39 is 0 Å². The fourth-order valence-electron chi connectivity index (χ4n) is 2.16. The van der Waals surface area contributed by atoms with Gasteiger partial charge in [0.15, 0.2) is 0 Å². The predicted octanol–water partition coefficient (Wildman–Crippen LogP) is 4.35. The number of nitrogens with zero attached hydrogens (tertiary/aromatic N) is 2. The lowest BCUT2D eigenvalue weighted by Gasteiger charge is -2.01. The van der Waals surface area contributed by atoms with Crippen molar-refractivity contribution in [2.45, 2.75) is 20.4 Å². The van der Waals surface area contributed by atoms with Crippen LogP contribution in [-0.2, 0) is 6.54 Å². The number of hydrogen-bond donors (Lipinski definition) is 0. The van der Waals surface area contributed by atoms with Gasteiger partial charge in [0, 0.05) is 16.6 Å². The minimum absolute atomic E-state index is 0.783. The summed E-state index contributed by atoms with van der Waals surface area (Å²) < 4.78 is 1.96. The van der Waals surface area contributed by atoms with E-state index in [4.69, 9.17) is 11.6 Å². The first-order valence-corrected chi connectivity index (χ1v) is 6.68. The third kappa shape index (κ3) is 2.49. The Labute approximate surface area is 117 Å². The second kappa shape index (κ2) is 4.71. The third-order valence-corrected chi connectivity index (χ3v) is 3.70. The number of halogens is 1. The lowest BCUT2D eigenvalue weighted by Crippen LogP contribution is -1.99. The lowest BCUT2D eigenvalue weighted by molar-refractivity contribution is 0.695. The molecule has 1 heterocycles. The molecule has 0 saturated carbocycles. The summed E-state index contributed by atoms with van der Waals surface area (Å²) in [6.07, 6.45) is 2.04. The highest BCUT2D eigenvalue weighted by Crippen LogP contribution is 2.22. The SMILES string of the molecule is Cc1ccc(Cn2cc3cc(Cl)c(C)cc3n2)cc1. The van der Waals surface area contributed by atoms with Gasteiger partial charge in [-0.05, 0) is 37.1 Å². The molecular weight excluding hydrogens is 256 g/mol. The summed E-state index contributed by atoms with van der Waals surface area (Å²) >= 11 is 6.14. The van der Waals surface area contributed by atoms with Gasteiger partial charge in [0.1, 0.15) is 0 Å². The summed E-state index contributed by atoms with van der Waals surface area (Å²) in [6.45, 7) is 4.88. The zero-order chi connectivity index (χ0) is 13.4. The smallest absolute Gasteiger partial charge is 0.0927 e. The van der Waals surface area contributed by atoms with Gasteiger partial charge in [-0.3, -0.25) is 4.68 Å². The van der Waals surface area contributed by atoms with Gasteiger partial charge in [0.25, 0.3) is 0 Å². The van der Waals surface area contributed by atoms with Gasteiger partial charge in [0.2, 0.25) is 0 Å². The molecule has 2 aromatic carbocycles. The molecule has 2 nitrogen and oxygen atoms in total. The molecule has 3 rings (SSSR count). The average Bonchev–Trinajstić information content (AvgIpc) is 2.74. The topological polar surface area (TPSA) is 17.8 Å². The average molecular weight is 271 g/mol. The van der Waals surface area contributed by atoms with Crippen LogP contribution in [0, 0.1) is 13.8 Å². The Bertz CT molecular complexity index is 687. The zero-order valence-electron chi connectivity index (χ0n) is 11.0. The normalized spacial score (nSPS) is 11.1. The standard InChI is InChI=1S/C16H15ClN2/c1-11-3-5-13(6-4-11)9-19-10-14-8-15(17)12(2)7-16(14)18-19/h3-8,10H,9H2,1-2H3. The number of hydrogen-bond acceptors (Lipinski definition) is 1. The number of rotatable bonds is 2. The molecule has 1 aromatic heterocycles. The first kappa shape index (κ1) is 12.2. The molecule has 3 aromatic rings. The number of aromatic nitrogens is 2. The van der Waals surface area contributed by atoms with E-state index in [9.17, 15) is 0 Å². The molecule has 0 bridgehead atoms. The van der Waals surface area contributed by atoms with Crippen molar-refractivity contribution in [3.05, 3.63) is 64.3 Å². The fourth-order valence-corrected chi connectivity index (χ4v) is 2.33. The van der Waals surface area contributed by atoms with Crippen molar-refractivity contribution in [3.63, 3.8) is 0 Å². The van der Waals surface area contributed by atoms with E-state index in [0.29, 0.717) is 0 Å². The molecule has 0 amide bonds. The van der Waals surface area contributed by atoms with Crippen LogP contribution >= 0.6 is 11.6 Å². The number of aryl methyl sites for hydroxylation is 2. The highest BCUT2D eigenvalue weighted by Gasteiger charge is 2.04. The van der Waals surface area contributed by atoms with Gasteiger partial charge in [-0.25, -0.2) is 0 Å². The molecule has 0 spiro atoms. The zero-order valence-corrected chi connectivity index (χ0v) is 11.8. The molecule has 0 atom stereocenters. The Morgan fingerprint density at radius 1 is 1.11 bits per heavy atom. The molecule has 0 radical (unpaired) electrons. The van der Waals surface area contributed by atoms with Crippen molar-refractivity contribution in [3.8, 4) is 0 Å². The van der Waals surface area contributed by atoms with Crippen LogP contribution in [0.3, 0.4) is 0 Å². The van der Waals surface area contributed by atoms with Gasteiger partial charge in [-0.15, -0.1) is 0 Å². The van der Waals surface area contributed by atoms with Crippen LogP contribution in [0.4, 0.5) is 0 Å². The molecule has 0 aliphatic rings. The maximum atomic E-state index is 6.14. The summed E-state index contributed by atoms with van der Waals surface area (Å²) in [6, 6.07) is 12.5. The van der Waals surface area contributed by atoms with Crippen LogP contribution in [-0.4, -0.2) is 9.78 Å². The molecule has 0 fully saturated rings. The van der Waals surface area contributed by atoms with Gasteiger partial charge < -0.3 is 0 Å². The van der Waals surface area contributed by atoms with Crippen molar-refractivity contribution in [1.29, 1.82) is 0 Å². The molecule has 0 aliphatic carbocycles. The van der Waals surface area contributed by atoms with E-state index in [1.54, 1.807) is 0 Å². The first-order chi connectivity index (χ1) is 9.11. The van der Waals surface area contributed by atoms with Crippen molar-refractivity contribution >= 4 is 22.5 Å². The van der Waals surface area contributed by atoms with Crippen molar-refractivity contribution in [1.82, 2.24) is 9.78 Å². The molecule has 0 aliphatic heterocycles. The van der Waals surface area contributed by atoms with Crippen LogP contribution in [0.2, 0.25) is 5.02 Å². The van der Waals surface area contributed by atoms with E-state index in [-0.39, 0.29) is 0 Å². The van der Waals surface area contributed by atoms with Gasteiger partial charge in [0.05, 0.1) is 12.1 Å². The molecule has 19 heavy (non-hydrogen) atoms. The second-order valence-electron chi connectivity index (χ2n) is 4.97. The summed E-state index contributed by atoms with van der Waals surface area (Å²) in [5.41, 5.74) is 4.58. The van der Waals surface area contributed by atoms with Gasteiger partial charge >= 0.3 is 0 Å². The Morgan fingerprint density at radius 2 is 1.84 bits per heavy atom. The summed E-state index contributed by atoms with van der Waals surface area (Å²) in [7, 11) is 0. The van der Waals surface area contributed by atoms with E-state index in [2.05, 4.69) is 36.3 Å². The predicted molar refractivity (Wildman–Crippen MR) is 79.8 cm³/mol. The van der Waals surface area contributed by atoms with E-state index >= 15 is 0 Å². The summed E-state index contributed by atoms with van der Waals surface area (Å²) in [5.74, 6) is 0. The molecule has 0 N–H and O–H groups in total. The fraction of sp³-hybridized carbons (Fsp3) is 0.188. The van der Waals surface area contributed by atoms with Crippen molar-refractivity contribution in [2.75, 3.05) is 0 Å². The molecular formula is C16H15ClN2. The highest BCUT2D eigenvalue weighted by molar-refractivity contribution is 6.32. The van der Waals surface area contributed by atoms with E-state index in [0.717, 1.165) is 28.0 Å². The van der Waals surface area contributed by atoms with Crippen molar-refractivity contribution in [2.24, 2.45) is 0 Å². The Kier molecular flexibility index (Phi) is 3.03. The molecule has 96 valence electrons. The van der Waals surface area contributed by atoms with Crippen LogP contribution < -0.4 is 0 Å². The number of benzene rings is 2. The summed E-state index contributed by atoms with van der Waals surface area (Å²) in [5, 5.41) is 6.47. The van der Waals surface area contributed by atoms with Crippen LogP contribution in [0.15, 0.2) is 42.6 Å². The molecule has 0 unspecified atom stereocenters. The maximum Gasteiger partial charge on any atom is 0.0927 e. The Balaban J connectivity index is 1.95. The van der Waals surface area contributed by atoms with E-state index in [1.165, 1.54) is 11.1 Å². The molecule has 0 saturated heterocycles. The maximum absolute atomic E-state index is 6.14. The van der Waals surface area contributed by atoms with Crippen LogP contribution in [0.1, 0.15) is 16.7 Å². The Morgan fingerprint density at radius 3 is 2.58 bits per heavy atom. The minimum atomic E-state index is 0.783. The largest absolute Gasteiger partial charge is 0.267 e. The summed E-state index contributed by atoms with van der Waals surface area (Å²) in [4.78, 5) is 0. The van der Waals surface area contributed by atoms with Crippen molar-refractivity contribution < 1.29 is 0 Å². The Hall–Kier alpha value is -1.80. The first-order valence-electron chi connectivity index (χ1n) is 6.31. The third-order valence-electron chi connectivity index (χ3n) is 3.30. The van der Waals surface area contributed by atoms with Crippen LogP contribution in [0.25, 0.3) is 10.9 Å². The van der Waals surface area contributed by atoms with Crippen LogP contribution in [0.5, 0.6) is 0 Å². The number of fused-ring (bicyclic) bond motifs is 1. The van der Waals surface area contributed by atoms with Gasteiger partial charge in [-0.1, -0.05) is 41.4 Å².